The van der Waals surface area contributed by atoms with Crippen molar-refractivity contribution in [2.45, 2.75) is 26.2 Å². The van der Waals surface area contributed by atoms with Crippen molar-refractivity contribution in [1.82, 2.24) is 10.6 Å². The number of aliphatic imine (C=N–C) groups is 1. The number of hydrogen-bond acceptors (Lipinski definition) is 4. The van der Waals surface area contributed by atoms with Gasteiger partial charge in [0.05, 0.1) is 25.9 Å². The van der Waals surface area contributed by atoms with Crippen LogP contribution < -0.4 is 10.6 Å². The number of aliphatic hydroxyl groups excluding tert-OH is 1. The highest BCUT2D eigenvalue weighted by Crippen LogP contribution is 2.06. The van der Waals surface area contributed by atoms with Crippen LogP contribution in [-0.4, -0.2) is 36.9 Å². The van der Waals surface area contributed by atoms with Gasteiger partial charge in [-0.15, -0.1) is 0 Å². The number of guanidine groups is 1. The van der Waals surface area contributed by atoms with Crippen LogP contribution in [0.5, 0.6) is 0 Å². The summed E-state index contributed by atoms with van der Waals surface area (Å²) in [6.07, 6.45) is -0.585. The summed E-state index contributed by atoms with van der Waals surface area (Å²) in [5, 5.41) is 20.5. The van der Waals surface area contributed by atoms with E-state index < -0.39 is 6.10 Å². The Kier molecular flexibility index (Phi) is 8.31. The van der Waals surface area contributed by atoms with E-state index in [4.69, 9.17) is 4.74 Å². The van der Waals surface area contributed by atoms with E-state index >= 15 is 0 Å². The number of nitrogens with one attached hydrogen (secondary N) is 2. The zero-order valence-electron chi connectivity index (χ0n) is 13.9. The van der Waals surface area contributed by atoms with E-state index in [-0.39, 0.29) is 6.61 Å². The van der Waals surface area contributed by atoms with Crippen LogP contribution in [0, 0.1) is 0 Å². The molecule has 1 heterocycles. The molecule has 0 fully saturated rings. The molecular formula is C18H25N3O2S. The molecule has 0 bridgehead atoms. The maximum Gasteiger partial charge on any atom is 0.191 e. The molecule has 1 unspecified atom stereocenters. The van der Waals surface area contributed by atoms with Crippen LogP contribution in [-0.2, 0) is 17.9 Å². The molecule has 0 saturated heterocycles. The number of aliphatic hydroxyl groups is 1. The van der Waals surface area contributed by atoms with Crippen molar-refractivity contribution in [1.29, 1.82) is 0 Å². The van der Waals surface area contributed by atoms with E-state index in [2.05, 4.69) is 27.1 Å². The number of thiophene rings is 1. The van der Waals surface area contributed by atoms with E-state index in [1.165, 1.54) is 5.56 Å². The topological polar surface area (TPSA) is 65.9 Å². The molecule has 1 atom stereocenters. The lowest BCUT2D eigenvalue weighted by Gasteiger charge is -2.15. The van der Waals surface area contributed by atoms with Gasteiger partial charge < -0.3 is 20.5 Å². The highest BCUT2D eigenvalue weighted by Gasteiger charge is 2.06. The van der Waals surface area contributed by atoms with E-state index in [0.717, 1.165) is 12.1 Å². The summed E-state index contributed by atoms with van der Waals surface area (Å²) in [6.45, 7) is 4.59. The number of benzene rings is 1. The van der Waals surface area contributed by atoms with E-state index in [1.807, 2.05) is 42.6 Å². The molecule has 5 nitrogen and oxygen atoms in total. The summed E-state index contributed by atoms with van der Waals surface area (Å²) in [7, 11) is 0. The average Bonchev–Trinajstić information content (AvgIpc) is 3.12. The van der Waals surface area contributed by atoms with Crippen LogP contribution in [0.3, 0.4) is 0 Å². The average molecular weight is 347 g/mol. The Morgan fingerprint density at radius 2 is 2.04 bits per heavy atom. The molecule has 2 rings (SSSR count). The van der Waals surface area contributed by atoms with Gasteiger partial charge in [-0.05, 0) is 34.9 Å². The predicted octanol–water partition coefficient (Wildman–Crippen LogP) is 2.38. The van der Waals surface area contributed by atoms with Crippen LogP contribution in [0.25, 0.3) is 0 Å². The molecule has 0 spiro atoms. The van der Waals surface area contributed by atoms with E-state index in [9.17, 15) is 5.11 Å². The third-order valence-electron chi connectivity index (χ3n) is 3.27. The Labute approximate surface area is 147 Å². The molecule has 0 aliphatic heterocycles. The Morgan fingerprint density at radius 1 is 1.21 bits per heavy atom. The molecule has 130 valence electrons. The monoisotopic (exact) mass is 347 g/mol. The van der Waals surface area contributed by atoms with Crippen molar-refractivity contribution in [3.63, 3.8) is 0 Å². The molecular weight excluding hydrogens is 322 g/mol. The Balaban J connectivity index is 1.69. The lowest BCUT2D eigenvalue weighted by Crippen LogP contribution is -2.42. The molecule has 0 aliphatic rings. The maximum absolute atomic E-state index is 10.0. The normalized spacial score (nSPS) is 12.8. The third kappa shape index (κ3) is 7.12. The minimum absolute atomic E-state index is 0.284. The van der Waals surface area contributed by atoms with Crippen molar-refractivity contribution in [2.75, 3.05) is 19.7 Å². The number of rotatable bonds is 9. The SMILES string of the molecule is CCNC(=NCc1ccsc1)NCC(O)COCc1ccccc1. The minimum Gasteiger partial charge on any atom is -0.389 e. The first-order chi connectivity index (χ1) is 11.8. The lowest BCUT2D eigenvalue weighted by molar-refractivity contribution is 0.0308. The van der Waals surface area contributed by atoms with Gasteiger partial charge in [0.15, 0.2) is 5.96 Å². The van der Waals surface area contributed by atoms with Crippen molar-refractivity contribution in [3.8, 4) is 0 Å². The van der Waals surface area contributed by atoms with E-state index in [1.54, 1.807) is 11.3 Å². The fraction of sp³-hybridized carbons (Fsp3) is 0.389. The maximum atomic E-state index is 10.0. The first-order valence-corrected chi connectivity index (χ1v) is 9.05. The quantitative estimate of drug-likeness (QED) is 0.481. The summed E-state index contributed by atoms with van der Waals surface area (Å²) in [6, 6.07) is 12.0. The van der Waals surface area contributed by atoms with Crippen LogP contribution in [0.4, 0.5) is 0 Å². The highest BCUT2D eigenvalue weighted by atomic mass is 32.1. The van der Waals surface area contributed by atoms with Gasteiger partial charge >= 0.3 is 0 Å². The number of ether oxygens (including phenoxy) is 1. The van der Waals surface area contributed by atoms with Gasteiger partial charge in [-0.25, -0.2) is 4.99 Å². The summed E-state index contributed by atoms with van der Waals surface area (Å²) in [4.78, 5) is 4.50. The molecule has 0 saturated carbocycles. The summed E-state index contributed by atoms with van der Waals surface area (Å²) >= 11 is 1.66. The van der Waals surface area contributed by atoms with Gasteiger partial charge in [-0.2, -0.15) is 11.3 Å². The van der Waals surface area contributed by atoms with Crippen LogP contribution in [0.2, 0.25) is 0 Å². The zero-order valence-corrected chi connectivity index (χ0v) is 14.8. The second-order valence-electron chi connectivity index (χ2n) is 5.36. The van der Waals surface area contributed by atoms with E-state index in [0.29, 0.717) is 25.7 Å². The Morgan fingerprint density at radius 3 is 2.75 bits per heavy atom. The predicted molar refractivity (Wildman–Crippen MR) is 99.2 cm³/mol. The molecule has 1 aromatic carbocycles. The molecule has 3 N–H and O–H groups in total. The second-order valence-corrected chi connectivity index (χ2v) is 6.14. The minimum atomic E-state index is -0.585. The summed E-state index contributed by atoms with van der Waals surface area (Å²) < 4.78 is 5.54. The lowest BCUT2D eigenvalue weighted by atomic mass is 10.2. The van der Waals surface area contributed by atoms with Crippen LogP contribution >= 0.6 is 11.3 Å². The molecule has 0 radical (unpaired) electrons. The zero-order chi connectivity index (χ0) is 17.0. The highest BCUT2D eigenvalue weighted by molar-refractivity contribution is 7.07. The molecule has 1 aromatic heterocycles. The Hall–Kier alpha value is -1.89. The molecule has 0 amide bonds. The fourth-order valence-electron chi connectivity index (χ4n) is 2.06. The standard InChI is InChI=1S/C18H25N3O2S/c1-2-19-18(20-10-16-8-9-24-14-16)21-11-17(22)13-23-12-15-6-4-3-5-7-15/h3-9,14,17,22H,2,10-13H2,1H3,(H2,19,20,21). The van der Waals surface area contributed by atoms with Gasteiger partial charge in [0.1, 0.15) is 0 Å². The van der Waals surface area contributed by atoms with Gasteiger partial charge in [0.2, 0.25) is 0 Å². The second kappa shape index (κ2) is 10.8. The van der Waals surface area contributed by atoms with Gasteiger partial charge in [-0.3, -0.25) is 0 Å². The van der Waals surface area contributed by atoms with Crippen LogP contribution in [0.1, 0.15) is 18.1 Å². The van der Waals surface area contributed by atoms with Crippen molar-refractivity contribution < 1.29 is 9.84 Å². The van der Waals surface area contributed by atoms with Gasteiger partial charge in [0.25, 0.3) is 0 Å². The molecule has 2 aromatic rings. The number of nitrogens with zero attached hydrogens (tertiary/aromatic N) is 1. The fourth-order valence-corrected chi connectivity index (χ4v) is 2.71. The van der Waals surface area contributed by atoms with Crippen molar-refractivity contribution in [2.24, 2.45) is 4.99 Å². The molecule has 6 heteroatoms. The first kappa shape index (κ1) is 18.4. The summed E-state index contributed by atoms with van der Waals surface area (Å²) in [5.41, 5.74) is 2.28. The van der Waals surface area contributed by atoms with Gasteiger partial charge in [-0.1, -0.05) is 30.3 Å². The largest absolute Gasteiger partial charge is 0.389 e. The Bertz CT molecular complexity index is 588. The smallest absolute Gasteiger partial charge is 0.191 e. The van der Waals surface area contributed by atoms with Crippen molar-refractivity contribution in [3.05, 3.63) is 58.3 Å². The third-order valence-corrected chi connectivity index (χ3v) is 4.00. The molecule has 0 aliphatic carbocycles. The molecule has 24 heavy (non-hydrogen) atoms. The van der Waals surface area contributed by atoms with Crippen LogP contribution in [0.15, 0.2) is 52.2 Å². The first-order valence-electron chi connectivity index (χ1n) is 8.11. The van der Waals surface area contributed by atoms with Gasteiger partial charge in [0, 0.05) is 13.1 Å². The summed E-state index contributed by atoms with van der Waals surface area (Å²) in [5.74, 6) is 0.700. The van der Waals surface area contributed by atoms with Crippen molar-refractivity contribution >= 4 is 17.3 Å². The number of hydrogen-bond donors (Lipinski definition) is 3.